The molecule has 2 aromatic rings. The van der Waals surface area contributed by atoms with Crippen LogP contribution in [0.25, 0.3) is 11.4 Å². The first-order valence-corrected chi connectivity index (χ1v) is 6.24. The number of rotatable bonds is 0. The van der Waals surface area contributed by atoms with E-state index in [1.165, 1.54) is 28.9 Å². The van der Waals surface area contributed by atoms with Crippen LogP contribution in [0.3, 0.4) is 0 Å². The second-order valence-corrected chi connectivity index (χ2v) is 4.92. The van der Waals surface area contributed by atoms with Crippen LogP contribution in [0.4, 0.5) is 0 Å². The van der Waals surface area contributed by atoms with Gasteiger partial charge in [0.1, 0.15) is 0 Å². The molecule has 17 heavy (non-hydrogen) atoms. The molecule has 0 bridgehead atoms. The van der Waals surface area contributed by atoms with Gasteiger partial charge in [0, 0.05) is 23.3 Å². The lowest BCUT2D eigenvalue weighted by Crippen LogP contribution is -2.37. The lowest BCUT2D eigenvalue weighted by Gasteiger charge is -2.00. The number of pyridine rings is 2. The molecule has 0 saturated heterocycles. The van der Waals surface area contributed by atoms with Crippen molar-refractivity contribution in [3.8, 4) is 11.4 Å². The Hall–Kier alpha value is -1.70. The van der Waals surface area contributed by atoms with Crippen molar-refractivity contribution in [1.29, 1.82) is 0 Å². The maximum Gasteiger partial charge on any atom is 0.277 e. The fourth-order valence-electron chi connectivity index (χ4n) is 2.58. The average Bonchev–Trinajstić information content (AvgIpc) is 2.47. The van der Waals surface area contributed by atoms with Gasteiger partial charge in [-0.1, -0.05) is 0 Å². The summed E-state index contributed by atoms with van der Waals surface area (Å²) in [6.45, 7) is 6.53. The van der Waals surface area contributed by atoms with Crippen molar-refractivity contribution in [2.24, 2.45) is 0 Å². The Kier molecular flexibility index (Phi) is 2.43. The van der Waals surface area contributed by atoms with Crippen molar-refractivity contribution < 1.29 is 9.13 Å². The summed E-state index contributed by atoms with van der Waals surface area (Å²) in [7, 11) is 0. The SMILES string of the molecule is Cc1ccc2[n+](c1)CCC[n+]1cc(C)ccc1-2. The first-order chi connectivity index (χ1) is 8.24. The standard InChI is InChI=1S/C15H18N2/c1-12-4-6-14-15-7-5-13(2)11-17(15)9-3-8-16(14)10-12/h4-7,10-11H,3,8-9H2,1-2H3/q+2. The van der Waals surface area contributed by atoms with E-state index < -0.39 is 0 Å². The first kappa shape index (κ1) is 10.5. The predicted octanol–water partition coefficient (Wildman–Crippen LogP) is 1.95. The van der Waals surface area contributed by atoms with Gasteiger partial charge in [0.15, 0.2) is 25.5 Å². The molecule has 1 aliphatic rings. The van der Waals surface area contributed by atoms with E-state index in [0.29, 0.717) is 0 Å². The molecule has 2 aromatic heterocycles. The third-order valence-electron chi connectivity index (χ3n) is 3.41. The number of aryl methyl sites for hydroxylation is 4. The van der Waals surface area contributed by atoms with Gasteiger partial charge in [0.05, 0.1) is 6.42 Å². The number of hydrogen-bond acceptors (Lipinski definition) is 0. The van der Waals surface area contributed by atoms with E-state index in [9.17, 15) is 0 Å². The van der Waals surface area contributed by atoms with Crippen molar-refractivity contribution in [3.63, 3.8) is 0 Å². The van der Waals surface area contributed by atoms with E-state index in [0.717, 1.165) is 13.1 Å². The van der Waals surface area contributed by atoms with Crippen molar-refractivity contribution in [2.45, 2.75) is 33.4 Å². The molecule has 2 nitrogen and oxygen atoms in total. The Morgan fingerprint density at radius 1 is 0.765 bits per heavy atom. The molecule has 0 spiro atoms. The Labute approximate surface area is 102 Å². The zero-order valence-electron chi connectivity index (χ0n) is 10.5. The fourth-order valence-corrected chi connectivity index (χ4v) is 2.58. The number of fused-ring (bicyclic) bond motifs is 3. The molecule has 1 aliphatic heterocycles. The van der Waals surface area contributed by atoms with Gasteiger partial charge in [-0.15, -0.1) is 0 Å². The summed E-state index contributed by atoms with van der Waals surface area (Å²) in [6, 6.07) is 8.87. The zero-order valence-corrected chi connectivity index (χ0v) is 10.5. The van der Waals surface area contributed by atoms with Crippen LogP contribution < -0.4 is 9.13 Å². The van der Waals surface area contributed by atoms with E-state index in [1.807, 2.05) is 0 Å². The van der Waals surface area contributed by atoms with Crippen LogP contribution in [0.5, 0.6) is 0 Å². The molecular weight excluding hydrogens is 208 g/mol. The van der Waals surface area contributed by atoms with Crippen LogP contribution in [0.15, 0.2) is 36.7 Å². The number of aromatic nitrogens is 2. The minimum atomic E-state index is 1.11. The second-order valence-electron chi connectivity index (χ2n) is 4.92. The third-order valence-corrected chi connectivity index (χ3v) is 3.41. The van der Waals surface area contributed by atoms with E-state index >= 15 is 0 Å². The molecule has 0 saturated carbocycles. The van der Waals surface area contributed by atoms with Crippen molar-refractivity contribution in [1.82, 2.24) is 0 Å². The summed E-state index contributed by atoms with van der Waals surface area (Å²) < 4.78 is 4.76. The van der Waals surface area contributed by atoms with Gasteiger partial charge in [0.2, 0.25) is 0 Å². The highest BCUT2D eigenvalue weighted by Gasteiger charge is 2.26. The highest BCUT2D eigenvalue weighted by Crippen LogP contribution is 2.14. The largest absolute Gasteiger partial charge is 0.277 e. The molecular formula is C15H18N2+2. The van der Waals surface area contributed by atoms with Gasteiger partial charge < -0.3 is 0 Å². The maximum absolute atomic E-state index is 2.38. The Morgan fingerprint density at radius 3 is 1.71 bits per heavy atom. The van der Waals surface area contributed by atoms with Crippen LogP contribution in [-0.4, -0.2) is 0 Å². The number of hydrogen-bond donors (Lipinski definition) is 0. The van der Waals surface area contributed by atoms with E-state index in [2.05, 4.69) is 59.6 Å². The van der Waals surface area contributed by atoms with Gasteiger partial charge in [-0.25, -0.2) is 0 Å². The summed E-state index contributed by atoms with van der Waals surface area (Å²) in [4.78, 5) is 0. The Balaban J connectivity index is 2.24. The molecule has 3 heterocycles. The summed E-state index contributed by atoms with van der Waals surface area (Å²) in [5.41, 5.74) is 5.31. The van der Waals surface area contributed by atoms with Crippen LogP contribution in [0.1, 0.15) is 17.5 Å². The molecule has 0 N–H and O–H groups in total. The van der Waals surface area contributed by atoms with Crippen LogP contribution in [0, 0.1) is 13.8 Å². The van der Waals surface area contributed by atoms with E-state index in [-0.39, 0.29) is 0 Å². The molecule has 86 valence electrons. The lowest BCUT2D eigenvalue weighted by atomic mass is 10.2. The highest BCUT2D eigenvalue weighted by molar-refractivity contribution is 5.47. The molecule has 0 fully saturated rings. The third kappa shape index (κ3) is 1.84. The van der Waals surface area contributed by atoms with Gasteiger partial charge in [-0.3, -0.25) is 0 Å². The summed E-state index contributed by atoms with van der Waals surface area (Å²) in [6.07, 6.45) is 5.71. The monoisotopic (exact) mass is 226 g/mol. The minimum absolute atomic E-state index is 1.11. The molecule has 0 aliphatic carbocycles. The second kappa shape index (κ2) is 3.95. The molecule has 0 atom stereocenters. The molecule has 0 aromatic carbocycles. The van der Waals surface area contributed by atoms with Crippen LogP contribution in [0.2, 0.25) is 0 Å². The molecule has 0 unspecified atom stereocenters. The molecule has 3 rings (SSSR count). The topological polar surface area (TPSA) is 7.76 Å². The average molecular weight is 226 g/mol. The van der Waals surface area contributed by atoms with Gasteiger partial charge >= 0.3 is 0 Å². The minimum Gasteiger partial charge on any atom is -0.193 e. The Bertz CT molecular complexity index is 522. The Morgan fingerprint density at radius 2 is 1.24 bits per heavy atom. The molecule has 0 radical (unpaired) electrons. The quantitative estimate of drug-likeness (QED) is 0.607. The summed E-state index contributed by atoms with van der Waals surface area (Å²) in [5, 5.41) is 0. The zero-order chi connectivity index (χ0) is 11.8. The molecule has 0 amide bonds. The maximum atomic E-state index is 2.38. The van der Waals surface area contributed by atoms with Gasteiger partial charge in [-0.2, -0.15) is 9.13 Å². The summed E-state index contributed by atoms with van der Waals surface area (Å²) >= 11 is 0. The smallest absolute Gasteiger partial charge is 0.193 e. The van der Waals surface area contributed by atoms with Crippen molar-refractivity contribution in [2.75, 3.05) is 0 Å². The first-order valence-electron chi connectivity index (χ1n) is 6.24. The van der Waals surface area contributed by atoms with Gasteiger partial charge in [-0.05, 0) is 26.0 Å². The molecule has 2 heteroatoms. The summed E-state index contributed by atoms with van der Waals surface area (Å²) in [5.74, 6) is 0. The number of nitrogens with zero attached hydrogens (tertiary/aromatic N) is 2. The normalized spacial score (nSPS) is 13.8. The predicted molar refractivity (Wildman–Crippen MR) is 66.4 cm³/mol. The lowest BCUT2D eigenvalue weighted by molar-refractivity contribution is -0.688. The van der Waals surface area contributed by atoms with Gasteiger partial charge in [0.25, 0.3) is 11.4 Å². The van der Waals surface area contributed by atoms with Crippen LogP contribution >= 0.6 is 0 Å². The fraction of sp³-hybridized carbons (Fsp3) is 0.333. The van der Waals surface area contributed by atoms with Crippen LogP contribution in [-0.2, 0) is 13.1 Å². The van der Waals surface area contributed by atoms with E-state index in [4.69, 9.17) is 0 Å². The van der Waals surface area contributed by atoms with Crippen molar-refractivity contribution in [3.05, 3.63) is 47.8 Å². The van der Waals surface area contributed by atoms with Crippen molar-refractivity contribution >= 4 is 0 Å². The van der Waals surface area contributed by atoms with E-state index in [1.54, 1.807) is 0 Å². The highest BCUT2D eigenvalue weighted by atomic mass is 15.1.